The first-order valence-electron chi connectivity index (χ1n) is 11.9. The van der Waals surface area contributed by atoms with E-state index in [-0.39, 0.29) is 22.8 Å². The van der Waals surface area contributed by atoms with Gasteiger partial charge in [0.05, 0.1) is 22.0 Å². The van der Waals surface area contributed by atoms with E-state index in [1.54, 1.807) is 30.5 Å². The van der Waals surface area contributed by atoms with Crippen LogP contribution in [0.1, 0.15) is 80.5 Å². The van der Waals surface area contributed by atoms with Crippen LogP contribution in [0.25, 0.3) is 11.0 Å². The molecule has 0 radical (unpaired) electrons. The maximum atomic E-state index is 13.5. The molecule has 0 unspecified atom stereocenters. The van der Waals surface area contributed by atoms with E-state index in [1.807, 2.05) is 39.3 Å². The van der Waals surface area contributed by atoms with Gasteiger partial charge in [-0.1, -0.05) is 26.3 Å². The Morgan fingerprint density at radius 3 is 2.41 bits per heavy atom. The van der Waals surface area contributed by atoms with Gasteiger partial charge in [-0.3, -0.25) is 4.79 Å². The molecule has 182 valence electrons. The minimum Gasteiger partial charge on any atom is -0.322 e. The molecule has 34 heavy (non-hydrogen) atoms. The Hall–Kier alpha value is -2.78. The third-order valence-corrected chi connectivity index (χ3v) is 8.22. The largest absolute Gasteiger partial charge is 0.322 e. The second-order valence-corrected chi connectivity index (χ2v) is 11.5. The van der Waals surface area contributed by atoms with Crippen LogP contribution in [-0.4, -0.2) is 46.5 Å². The van der Waals surface area contributed by atoms with Crippen LogP contribution in [0.15, 0.2) is 35.4 Å². The van der Waals surface area contributed by atoms with Crippen molar-refractivity contribution in [1.29, 1.82) is 0 Å². The molecule has 1 N–H and O–H groups in total. The van der Waals surface area contributed by atoms with Gasteiger partial charge in [0, 0.05) is 30.5 Å². The van der Waals surface area contributed by atoms with E-state index in [0.717, 1.165) is 30.5 Å². The molecule has 0 saturated carbocycles. The molecule has 1 aliphatic rings. The first-order valence-corrected chi connectivity index (χ1v) is 13.3. The highest BCUT2D eigenvalue weighted by Gasteiger charge is 2.27. The van der Waals surface area contributed by atoms with Gasteiger partial charge in [0.2, 0.25) is 10.0 Å². The summed E-state index contributed by atoms with van der Waals surface area (Å²) < 4.78 is 29.7. The number of hydrogen-bond acceptors (Lipinski definition) is 5. The van der Waals surface area contributed by atoms with Gasteiger partial charge in [-0.15, -0.1) is 0 Å². The normalized spacial score (nSPS) is 15.4. The Morgan fingerprint density at radius 1 is 1.06 bits per heavy atom. The van der Waals surface area contributed by atoms with Gasteiger partial charge >= 0.3 is 0 Å². The summed E-state index contributed by atoms with van der Waals surface area (Å²) in [4.78, 5) is 18.4. The van der Waals surface area contributed by atoms with Crippen molar-refractivity contribution in [2.45, 2.75) is 70.7 Å². The first-order chi connectivity index (χ1) is 16.1. The third-order valence-electron chi connectivity index (χ3n) is 6.32. The second-order valence-electron chi connectivity index (χ2n) is 9.57. The topological polar surface area (TPSA) is 97.2 Å². The van der Waals surface area contributed by atoms with Gasteiger partial charge in [0.25, 0.3) is 5.91 Å². The van der Waals surface area contributed by atoms with Gasteiger partial charge < -0.3 is 5.32 Å². The highest BCUT2D eigenvalue weighted by atomic mass is 32.2. The van der Waals surface area contributed by atoms with Crippen LogP contribution in [-0.2, 0) is 10.0 Å². The van der Waals surface area contributed by atoms with Crippen molar-refractivity contribution < 1.29 is 13.2 Å². The van der Waals surface area contributed by atoms with Crippen molar-refractivity contribution >= 4 is 32.7 Å². The van der Waals surface area contributed by atoms with Crippen LogP contribution in [0, 0.1) is 6.92 Å². The summed E-state index contributed by atoms with van der Waals surface area (Å²) in [6, 6.07) is 6.82. The Kier molecular flexibility index (Phi) is 6.78. The van der Waals surface area contributed by atoms with Crippen LogP contribution in [0.3, 0.4) is 0 Å². The molecule has 3 heterocycles. The summed E-state index contributed by atoms with van der Waals surface area (Å²) in [5.41, 5.74) is 3.22. The summed E-state index contributed by atoms with van der Waals surface area (Å²) in [5.74, 6) is -0.181. The van der Waals surface area contributed by atoms with Crippen molar-refractivity contribution in [1.82, 2.24) is 19.1 Å². The van der Waals surface area contributed by atoms with E-state index >= 15 is 0 Å². The molecule has 1 aliphatic heterocycles. The Balaban J connectivity index is 1.71. The van der Waals surface area contributed by atoms with Crippen LogP contribution >= 0.6 is 0 Å². The number of nitrogens with zero attached hydrogens (tertiary/aromatic N) is 4. The maximum absolute atomic E-state index is 13.5. The van der Waals surface area contributed by atoms with E-state index in [4.69, 9.17) is 4.98 Å². The standard InChI is InChI=1S/C25H33N5O3S/c1-16(2)22-14-20(21-15-26-30(17(3)4)24(21)27-22)25(31)28-23-13-19(10-9-18(23)5)34(32,33)29-11-7-6-8-12-29/h9-10,13-17H,6-8,11-12H2,1-5H3,(H,28,31). The molecule has 9 heteroatoms. The van der Waals surface area contributed by atoms with E-state index < -0.39 is 10.0 Å². The second kappa shape index (κ2) is 9.46. The van der Waals surface area contributed by atoms with Gasteiger partial charge in [0.15, 0.2) is 5.65 Å². The van der Waals surface area contributed by atoms with Crippen LogP contribution in [0.2, 0.25) is 0 Å². The fourth-order valence-corrected chi connectivity index (χ4v) is 5.78. The molecule has 0 aliphatic carbocycles. The summed E-state index contributed by atoms with van der Waals surface area (Å²) in [7, 11) is -3.60. The monoisotopic (exact) mass is 483 g/mol. The molecule has 0 spiro atoms. The van der Waals surface area contributed by atoms with Crippen LogP contribution in [0.5, 0.6) is 0 Å². The third kappa shape index (κ3) is 4.59. The number of benzene rings is 1. The van der Waals surface area contributed by atoms with Crippen molar-refractivity contribution in [2.75, 3.05) is 18.4 Å². The minimum atomic E-state index is -3.60. The summed E-state index contributed by atoms with van der Waals surface area (Å²) in [6.45, 7) is 11.0. The maximum Gasteiger partial charge on any atom is 0.256 e. The Labute approximate surface area is 201 Å². The molecule has 1 fully saturated rings. The number of nitrogens with one attached hydrogen (secondary N) is 1. The molecule has 2 aromatic heterocycles. The fourth-order valence-electron chi connectivity index (χ4n) is 4.24. The molecule has 3 aromatic rings. The number of fused-ring (bicyclic) bond motifs is 1. The summed E-state index contributed by atoms with van der Waals surface area (Å²) in [5, 5.41) is 8.07. The lowest BCUT2D eigenvalue weighted by Crippen LogP contribution is -2.35. The molecular weight excluding hydrogens is 450 g/mol. The average molecular weight is 484 g/mol. The van der Waals surface area contributed by atoms with Crippen molar-refractivity contribution in [2.24, 2.45) is 0 Å². The average Bonchev–Trinajstić information content (AvgIpc) is 3.24. The molecule has 0 bridgehead atoms. The number of aryl methyl sites for hydroxylation is 1. The van der Waals surface area contributed by atoms with E-state index in [2.05, 4.69) is 10.4 Å². The zero-order valence-corrected chi connectivity index (χ0v) is 21.3. The molecule has 1 aromatic carbocycles. The molecule has 1 amide bonds. The predicted octanol–water partition coefficient (Wildman–Crippen LogP) is 4.87. The number of amides is 1. The van der Waals surface area contributed by atoms with Gasteiger partial charge in [-0.05, 0) is 63.3 Å². The number of carbonyl (C=O) groups is 1. The SMILES string of the molecule is Cc1ccc(S(=O)(=O)N2CCCCC2)cc1NC(=O)c1cc(C(C)C)nc2c1cnn2C(C)C. The quantitative estimate of drug-likeness (QED) is 0.539. The van der Waals surface area contributed by atoms with Crippen molar-refractivity contribution in [3.8, 4) is 0 Å². The number of rotatable bonds is 6. The Bertz CT molecular complexity index is 1320. The number of hydrogen-bond donors (Lipinski definition) is 1. The summed E-state index contributed by atoms with van der Waals surface area (Å²) >= 11 is 0. The molecule has 4 rings (SSSR count). The van der Waals surface area contributed by atoms with E-state index in [0.29, 0.717) is 35.4 Å². The zero-order chi connectivity index (χ0) is 24.6. The minimum absolute atomic E-state index is 0.0993. The van der Waals surface area contributed by atoms with Crippen LogP contribution in [0.4, 0.5) is 5.69 Å². The molecule has 8 nitrogen and oxygen atoms in total. The number of sulfonamides is 1. The zero-order valence-electron chi connectivity index (χ0n) is 20.5. The first kappa shape index (κ1) is 24.3. The highest BCUT2D eigenvalue weighted by molar-refractivity contribution is 7.89. The number of carbonyl (C=O) groups excluding carboxylic acids is 1. The lowest BCUT2D eigenvalue weighted by atomic mass is 10.0. The summed E-state index contributed by atoms with van der Waals surface area (Å²) in [6.07, 6.45) is 4.46. The molecule has 0 atom stereocenters. The Morgan fingerprint density at radius 2 is 1.76 bits per heavy atom. The van der Waals surface area contributed by atoms with Crippen molar-refractivity contribution in [3.63, 3.8) is 0 Å². The lowest BCUT2D eigenvalue weighted by molar-refractivity contribution is 0.102. The lowest BCUT2D eigenvalue weighted by Gasteiger charge is -2.26. The van der Waals surface area contributed by atoms with E-state index in [9.17, 15) is 13.2 Å². The fraction of sp³-hybridized carbons (Fsp3) is 0.480. The van der Waals surface area contributed by atoms with Gasteiger partial charge in [0.1, 0.15) is 0 Å². The van der Waals surface area contributed by atoms with E-state index in [1.165, 1.54) is 4.31 Å². The molecule has 1 saturated heterocycles. The van der Waals surface area contributed by atoms with Gasteiger partial charge in [-0.25, -0.2) is 18.1 Å². The van der Waals surface area contributed by atoms with Crippen LogP contribution < -0.4 is 5.32 Å². The predicted molar refractivity (Wildman–Crippen MR) is 134 cm³/mol. The van der Waals surface area contributed by atoms with Crippen molar-refractivity contribution in [3.05, 3.63) is 47.3 Å². The van der Waals surface area contributed by atoms with Gasteiger partial charge in [-0.2, -0.15) is 9.40 Å². The smallest absolute Gasteiger partial charge is 0.256 e. The number of piperidine rings is 1. The number of pyridine rings is 1. The highest BCUT2D eigenvalue weighted by Crippen LogP contribution is 2.28. The number of aromatic nitrogens is 3. The number of anilines is 1. The molecular formula is C25H33N5O3S.